The Bertz CT molecular complexity index is 1350. The number of hydrogen-bond donors (Lipinski definition) is 1. The van der Waals surface area contributed by atoms with E-state index in [1.165, 1.54) is 29.4 Å². The summed E-state index contributed by atoms with van der Waals surface area (Å²) in [6, 6.07) is 3.81. The maximum atomic E-state index is 14.1. The van der Waals surface area contributed by atoms with Gasteiger partial charge in [-0.3, -0.25) is 14.4 Å². The van der Waals surface area contributed by atoms with E-state index in [0.29, 0.717) is 48.2 Å². The van der Waals surface area contributed by atoms with E-state index < -0.39 is 44.5 Å². The lowest BCUT2D eigenvalue weighted by molar-refractivity contribution is -0.115. The number of sulfone groups is 1. The molecule has 0 aliphatic heterocycles. The average Bonchev–Trinajstić information content (AvgIpc) is 3.61. The minimum absolute atomic E-state index is 0.00846. The fourth-order valence-corrected chi connectivity index (χ4v) is 6.53. The molecule has 1 heterocycles. The first-order valence-corrected chi connectivity index (χ1v) is 14.1. The molecule has 2 aromatic rings. The Hall–Kier alpha value is -3.01. The smallest absolute Gasteiger partial charge is 0.301 e. The van der Waals surface area contributed by atoms with Crippen LogP contribution in [0.1, 0.15) is 82.1 Å². The number of amides is 2. The van der Waals surface area contributed by atoms with Crippen LogP contribution in [0.25, 0.3) is 0 Å². The van der Waals surface area contributed by atoms with Gasteiger partial charge in [0.2, 0.25) is 0 Å². The number of aryl methyl sites for hydroxylation is 1. The number of primary amides is 1. The first-order chi connectivity index (χ1) is 16.8. The second kappa shape index (κ2) is 9.46. The minimum Gasteiger partial charge on any atom is -0.366 e. The molecule has 8 nitrogen and oxygen atoms in total. The predicted octanol–water partition coefficient (Wildman–Crippen LogP) is 3.33. The predicted molar refractivity (Wildman–Crippen MR) is 134 cm³/mol. The van der Waals surface area contributed by atoms with Crippen LogP contribution in [-0.2, 0) is 21.7 Å². The number of rotatable bonds is 7. The molecule has 194 valence electrons. The molecule has 2 saturated carbocycles. The van der Waals surface area contributed by atoms with Crippen molar-refractivity contribution >= 4 is 33.1 Å². The van der Waals surface area contributed by atoms with Crippen LogP contribution in [0.4, 0.5) is 10.1 Å². The molecular formula is C26H32FN3O5S. The normalized spacial score (nSPS) is 20.2. The zero-order valence-electron chi connectivity index (χ0n) is 21.0. The number of halogens is 1. The van der Waals surface area contributed by atoms with E-state index in [-0.39, 0.29) is 17.2 Å². The van der Waals surface area contributed by atoms with Crippen molar-refractivity contribution in [3.05, 3.63) is 52.1 Å². The lowest BCUT2D eigenvalue weighted by Crippen LogP contribution is -2.47. The van der Waals surface area contributed by atoms with E-state index in [2.05, 4.69) is 0 Å². The van der Waals surface area contributed by atoms with Gasteiger partial charge in [-0.05, 0) is 87.6 Å². The van der Waals surface area contributed by atoms with Gasteiger partial charge in [-0.2, -0.15) is 0 Å². The highest BCUT2D eigenvalue weighted by Gasteiger charge is 2.41. The van der Waals surface area contributed by atoms with Gasteiger partial charge in [0.15, 0.2) is 0 Å². The molecule has 1 aromatic carbocycles. The van der Waals surface area contributed by atoms with Crippen molar-refractivity contribution in [2.75, 3.05) is 11.2 Å². The highest BCUT2D eigenvalue weighted by atomic mass is 32.2. The molecule has 0 atom stereocenters. The Labute approximate surface area is 210 Å². The summed E-state index contributed by atoms with van der Waals surface area (Å²) < 4.78 is 39.7. The van der Waals surface area contributed by atoms with E-state index in [1.54, 1.807) is 25.5 Å². The summed E-state index contributed by atoms with van der Waals surface area (Å²) in [4.78, 5) is 41.3. The van der Waals surface area contributed by atoms with Crippen LogP contribution in [-0.4, -0.2) is 48.1 Å². The zero-order valence-corrected chi connectivity index (χ0v) is 21.8. The molecule has 0 spiro atoms. The number of carbonyl (C=O) groups excluding carboxylic acids is 3. The molecule has 2 N–H and O–H groups in total. The largest absolute Gasteiger partial charge is 0.366 e. The van der Waals surface area contributed by atoms with Crippen LogP contribution in [0.2, 0.25) is 0 Å². The van der Waals surface area contributed by atoms with Crippen molar-refractivity contribution in [3.8, 4) is 0 Å². The summed E-state index contributed by atoms with van der Waals surface area (Å²) in [5, 5.41) is -0.494. The molecule has 0 saturated heterocycles. The third-order valence-electron chi connectivity index (χ3n) is 7.62. The lowest BCUT2D eigenvalue weighted by atomic mass is 9.92. The number of ketones is 1. The average molecular weight is 518 g/mol. The van der Waals surface area contributed by atoms with Crippen molar-refractivity contribution in [3.63, 3.8) is 0 Å². The van der Waals surface area contributed by atoms with Crippen molar-refractivity contribution < 1.29 is 27.2 Å². The van der Waals surface area contributed by atoms with Gasteiger partial charge in [0.1, 0.15) is 15.7 Å². The molecule has 0 bridgehead atoms. The number of nitrogens with zero attached hydrogens (tertiary/aromatic N) is 2. The van der Waals surface area contributed by atoms with Gasteiger partial charge < -0.3 is 15.2 Å². The minimum atomic E-state index is -3.22. The van der Waals surface area contributed by atoms with Crippen LogP contribution in [0.15, 0.2) is 18.2 Å². The van der Waals surface area contributed by atoms with Crippen molar-refractivity contribution in [2.45, 2.75) is 69.6 Å². The number of anilines is 1. The van der Waals surface area contributed by atoms with Gasteiger partial charge >= 0.3 is 5.91 Å². The number of aromatic nitrogens is 1. The Morgan fingerprint density at radius 3 is 2.17 bits per heavy atom. The van der Waals surface area contributed by atoms with E-state index in [0.717, 1.165) is 12.8 Å². The van der Waals surface area contributed by atoms with Crippen LogP contribution in [0, 0.1) is 19.7 Å². The van der Waals surface area contributed by atoms with E-state index in [4.69, 9.17) is 5.73 Å². The van der Waals surface area contributed by atoms with Crippen LogP contribution in [0.5, 0.6) is 0 Å². The van der Waals surface area contributed by atoms with Crippen LogP contribution >= 0.6 is 0 Å². The van der Waals surface area contributed by atoms with Crippen LogP contribution in [0.3, 0.4) is 0 Å². The lowest BCUT2D eigenvalue weighted by Gasteiger charge is -2.36. The molecule has 10 heteroatoms. The monoisotopic (exact) mass is 517 g/mol. The first kappa shape index (κ1) is 26.1. The van der Waals surface area contributed by atoms with Crippen molar-refractivity contribution in [1.29, 1.82) is 0 Å². The van der Waals surface area contributed by atoms with E-state index >= 15 is 0 Å². The highest BCUT2D eigenvalue weighted by molar-refractivity contribution is 7.91. The molecule has 0 radical (unpaired) electrons. The molecule has 2 aliphatic carbocycles. The van der Waals surface area contributed by atoms with Crippen molar-refractivity contribution in [2.24, 2.45) is 12.8 Å². The summed E-state index contributed by atoms with van der Waals surface area (Å²) in [5.74, 6) is -2.63. The highest BCUT2D eigenvalue weighted by Crippen LogP contribution is 2.45. The SMILES string of the molecule is Cc1cc(N(C(=O)C(=O)c2c(C3CC3)c(C(N)=O)c(C)n2C)C2CCC(S(C)(=O)=O)CC2)ccc1F. The fraction of sp³-hybridized carbons (Fsp3) is 0.500. The van der Waals surface area contributed by atoms with Gasteiger partial charge in [0.05, 0.1) is 16.5 Å². The number of benzene rings is 1. The quantitative estimate of drug-likeness (QED) is 0.446. The molecule has 1 aromatic heterocycles. The molecule has 0 unspecified atom stereocenters. The Kier molecular flexibility index (Phi) is 6.85. The summed E-state index contributed by atoms with van der Waals surface area (Å²) >= 11 is 0. The van der Waals surface area contributed by atoms with E-state index in [1.807, 2.05) is 0 Å². The van der Waals surface area contributed by atoms with Crippen molar-refractivity contribution in [1.82, 2.24) is 4.57 Å². The standard InChI is InChI=1S/C26H32FN3O5S/c1-14-13-18(9-12-20(14)27)30(17-7-10-19(11-8-17)36(4,34)35)26(33)24(31)23-22(16-5-6-16)21(25(28)32)15(2)29(23)3/h9,12-13,16-17,19H,5-8,10-11H2,1-4H3,(H2,28,32). The topological polar surface area (TPSA) is 120 Å². The molecular weight excluding hydrogens is 485 g/mol. The van der Waals surface area contributed by atoms with Gasteiger partial charge in [0.25, 0.3) is 11.7 Å². The van der Waals surface area contributed by atoms with Gasteiger partial charge in [0, 0.05) is 30.7 Å². The summed E-state index contributed by atoms with van der Waals surface area (Å²) in [6.07, 6.45) is 4.32. The Balaban J connectivity index is 1.76. The maximum absolute atomic E-state index is 14.1. The number of nitrogens with two attached hydrogens (primary N) is 1. The zero-order chi connectivity index (χ0) is 26.5. The second-order valence-corrected chi connectivity index (χ2v) is 12.4. The molecule has 2 fully saturated rings. The summed E-state index contributed by atoms with van der Waals surface area (Å²) in [5.41, 5.74) is 7.84. The van der Waals surface area contributed by atoms with Crippen LogP contribution < -0.4 is 10.6 Å². The first-order valence-electron chi connectivity index (χ1n) is 12.1. The second-order valence-electron chi connectivity index (χ2n) is 10.1. The van der Waals surface area contributed by atoms with Gasteiger partial charge in [-0.25, -0.2) is 12.8 Å². The molecule has 4 rings (SSSR count). The molecule has 36 heavy (non-hydrogen) atoms. The molecule has 2 amide bonds. The van der Waals surface area contributed by atoms with E-state index in [9.17, 15) is 27.2 Å². The molecule has 2 aliphatic rings. The summed E-state index contributed by atoms with van der Waals surface area (Å²) in [6.45, 7) is 3.27. The third kappa shape index (κ3) is 4.70. The number of Topliss-reactive ketones (excluding diaryl/α,β-unsaturated/α-hetero) is 1. The summed E-state index contributed by atoms with van der Waals surface area (Å²) in [7, 11) is -1.59. The third-order valence-corrected chi connectivity index (χ3v) is 9.30. The Morgan fingerprint density at radius 2 is 1.67 bits per heavy atom. The number of hydrogen-bond acceptors (Lipinski definition) is 5. The number of carbonyl (C=O) groups is 3. The maximum Gasteiger partial charge on any atom is 0.301 e. The van der Waals surface area contributed by atoms with Gasteiger partial charge in [-0.1, -0.05) is 0 Å². The fourth-order valence-electron chi connectivity index (χ4n) is 5.40. The Morgan fingerprint density at radius 1 is 1.06 bits per heavy atom. The van der Waals surface area contributed by atoms with Gasteiger partial charge in [-0.15, -0.1) is 0 Å².